The van der Waals surface area contributed by atoms with E-state index in [1.807, 2.05) is 24.5 Å². The number of aliphatic carboxylic acids is 1. The fourth-order valence-corrected chi connectivity index (χ4v) is 3.33. The Labute approximate surface area is 190 Å². The third kappa shape index (κ3) is 6.75. The van der Waals surface area contributed by atoms with Crippen LogP contribution in [-0.2, 0) is 11.4 Å². The molecule has 3 aromatic rings. The van der Waals surface area contributed by atoms with Gasteiger partial charge in [-0.3, -0.25) is 9.78 Å². The monoisotopic (exact) mass is 452 g/mol. The van der Waals surface area contributed by atoms with Crippen molar-refractivity contribution in [3.05, 3.63) is 84.2 Å². The number of carboxylic acid groups (broad SMARTS) is 1. The van der Waals surface area contributed by atoms with Crippen LogP contribution in [0.3, 0.4) is 0 Å². The molecule has 166 valence electrons. The van der Waals surface area contributed by atoms with E-state index in [1.165, 1.54) is 11.8 Å². The predicted molar refractivity (Wildman–Crippen MR) is 123 cm³/mol. The maximum atomic E-state index is 12.7. The molecule has 0 aliphatic heterocycles. The van der Waals surface area contributed by atoms with Gasteiger partial charge in [0.05, 0.1) is 6.20 Å². The molecule has 2 N–H and O–H groups in total. The number of carbonyl (C=O) groups is 2. The molecule has 1 atom stereocenters. The Kier molecular flexibility index (Phi) is 8.51. The Morgan fingerprint density at radius 1 is 1.09 bits per heavy atom. The maximum Gasteiger partial charge on any atom is 0.326 e. The number of nitrogens with one attached hydrogen (secondary N) is 1. The van der Waals surface area contributed by atoms with Crippen molar-refractivity contribution in [3.63, 3.8) is 0 Å². The third-order valence-corrected chi connectivity index (χ3v) is 5.19. The second kappa shape index (κ2) is 11.8. The Hall–Kier alpha value is -3.52. The first kappa shape index (κ1) is 23.1. The molecule has 0 spiro atoms. The summed E-state index contributed by atoms with van der Waals surface area (Å²) in [5.41, 5.74) is 1.03. The summed E-state index contributed by atoms with van der Waals surface area (Å²) in [6.07, 6.45) is 5.50. The Morgan fingerprint density at radius 3 is 2.56 bits per heavy atom. The lowest BCUT2D eigenvalue weighted by molar-refractivity contribution is -0.139. The number of carbonyl (C=O) groups excluding carboxylic acids is 1. The Bertz CT molecular complexity index is 1030. The molecule has 1 heterocycles. The minimum Gasteiger partial charge on any atom is -0.487 e. The first-order chi connectivity index (χ1) is 15.6. The fourth-order valence-electron chi connectivity index (χ4n) is 2.85. The highest BCUT2D eigenvalue weighted by Gasteiger charge is 2.21. The molecule has 0 aliphatic carbocycles. The van der Waals surface area contributed by atoms with Crippen molar-refractivity contribution < 1.29 is 24.2 Å². The average Bonchev–Trinajstić information content (AvgIpc) is 2.82. The van der Waals surface area contributed by atoms with Gasteiger partial charge in [-0.25, -0.2) is 4.79 Å². The molecule has 8 heteroatoms. The number of rotatable bonds is 11. The van der Waals surface area contributed by atoms with Crippen LogP contribution in [0.5, 0.6) is 17.2 Å². The van der Waals surface area contributed by atoms with Crippen molar-refractivity contribution in [3.8, 4) is 17.2 Å². The highest BCUT2D eigenvalue weighted by Crippen LogP contribution is 2.28. The molecule has 1 unspecified atom stereocenters. The lowest BCUT2D eigenvalue weighted by atomic mass is 10.1. The summed E-state index contributed by atoms with van der Waals surface area (Å²) >= 11 is 1.53. The molecule has 0 saturated carbocycles. The highest BCUT2D eigenvalue weighted by molar-refractivity contribution is 7.98. The van der Waals surface area contributed by atoms with E-state index in [0.29, 0.717) is 35.0 Å². The fraction of sp³-hybridized carbons (Fsp3) is 0.208. The number of pyridine rings is 1. The molecular formula is C24H24N2O5S. The van der Waals surface area contributed by atoms with Gasteiger partial charge in [-0.1, -0.05) is 24.3 Å². The topological polar surface area (TPSA) is 97.8 Å². The molecule has 0 fully saturated rings. The van der Waals surface area contributed by atoms with E-state index in [1.54, 1.807) is 54.9 Å². The van der Waals surface area contributed by atoms with Crippen molar-refractivity contribution in [2.45, 2.75) is 19.1 Å². The van der Waals surface area contributed by atoms with Gasteiger partial charge in [-0.2, -0.15) is 11.8 Å². The van der Waals surface area contributed by atoms with Crippen molar-refractivity contribution in [1.29, 1.82) is 0 Å². The standard InChI is InChI=1S/C24H24N2O5S/c1-32-13-11-21(24(28)29)26-23(27)17-9-10-18(16-30-20-8-5-12-25-15-20)22(14-17)31-19-6-3-2-4-7-19/h2-10,12,14-15,21H,11,13,16H2,1H3,(H,26,27)(H,28,29). The second-order valence-electron chi connectivity index (χ2n) is 6.86. The van der Waals surface area contributed by atoms with Crippen LogP contribution >= 0.6 is 11.8 Å². The maximum absolute atomic E-state index is 12.7. The van der Waals surface area contributed by atoms with Crippen LogP contribution < -0.4 is 14.8 Å². The van der Waals surface area contributed by atoms with Gasteiger partial charge in [0.15, 0.2) is 0 Å². The SMILES string of the molecule is CSCCC(NC(=O)c1ccc(COc2cccnc2)c(Oc2ccccc2)c1)C(=O)O. The van der Waals surface area contributed by atoms with Crippen LogP contribution in [0.15, 0.2) is 73.1 Å². The van der Waals surface area contributed by atoms with Gasteiger partial charge in [0.2, 0.25) is 0 Å². The normalized spacial score (nSPS) is 11.4. The van der Waals surface area contributed by atoms with Crippen LogP contribution in [-0.4, -0.2) is 40.0 Å². The first-order valence-electron chi connectivity index (χ1n) is 9.98. The lowest BCUT2D eigenvalue weighted by Crippen LogP contribution is -2.41. The summed E-state index contributed by atoms with van der Waals surface area (Å²) in [5, 5.41) is 12.0. The van der Waals surface area contributed by atoms with Crippen molar-refractivity contribution in [2.75, 3.05) is 12.0 Å². The summed E-state index contributed by atoms with van der Waals surface area (Å²) in [5.74, 6) is 0.758. The minimum absolute atomic E-state index is 0.210. The zero-order valence-electron chi connectivity index (χ0n) is 17.6. The Balaban J connectivity index is 1.81. The van der Waals surface area contributed by atoms with Gasteiger partial charge in [0, 0.05) is 17.3 Å². The smallest absolute Gasteiger partial charge is 0.326 e. The highest BCUT2D eigenvalue weighted by atomic mass is 32.2. The van der Waals surface area contributed by atoms with Crippen molar-refractivity contribution >= 4 is 23.6 Å². The zero-order valence-corrected chi connectivity index (χ0v) is 18.4. The molecule has 1 aromatic heterocycles. The first-order valence-corrected chi connectivity index (χ1v) is 11.4. The molecule has 3 rings (SSSR count). The largest absolute Gasteiger partial charge is 0.487 e. The van der Waals surface area contributed by atoms with Gasteiger partial charge >= 0.3 is 5.97 Å². The van der Waals surface area contributed by atoms with Gasteiger partial charge < -0.3 is 19.9 Å². The van der Waals surface area contributed by atoms with Gasteiger partial charge in [0.1, 0.15) is 29.9 Å². The zero-order chi connectivity index (χ0) is 22.8. The summed E-state index contributed by atoms with van der Waals surface area (Å²) in [7, 11) is 0. The van der Waals surface area contributed by atoms with E-state index in [4.69, 9.17) is 9.47 Å². The molecule has 0 aliphatic rings. The van der Waals surface area contributed by atoms with Crippen molar-refractivity contribution in [2.24, 2.45) is 0 Å². The number of benzene rings is 2. The number of hydrogen-bond donors (Lipinski definition) is 2. The summed E-state index contributed by atoms with van der Waals surface area (Å²) in [6.45, 7) is 0.210. The van der Waals surface area contributed by atoms with Gasteiger partial charge in [-0.15, -0.1) is 0 Å². The quantitative estimate of drug-likeness (QED) is 0.445. The van der Waals surface area contributed by atoms with Gasteiger partial charge in [0.25, 0.3) is 5.91 Å². The third-order valence-electron chi connectivity index (χ3n) is 4.54. The lowest BCUT2D eigenvalue weighted by Gasteiger charge is -2.16. The van der Waals surface area contributed by atoms with Crippen LogP contribution in [0.1, 0.15) is 22.3 Å². The van der Waals surface area contributed by atoms with E-state index in [0.717, 1.165) is 5.56 Å². The summed E-state index contributed by atoms with van der Waals surface area (Å²) < 4.78 is 11.8. The van der Waals surface area contributed by atoms with E-state index in [9.17, 15) is 14.7 Å². The number of hydrogen-bond acceptors (Lipinski definition) is 6. The summed E-state index contributed by atoms with van der Waals surface area (Å²) in [6, 6.07) is 16.8. The van der Waals surface area contributed by atoms with Crippen LogP contribution in [0.2, 0.25) is 0 Å². The number of ether oxygens (including phenoxy) is 2. The average molecular weight is 453 g/mol. The van der Waals surface area contributed by atoms with Crippen LogP contribution in [0, 0.1) is 0 Å². The molecular weight excluding hydrogens is 428 g/mol. The molecule has 0 radical (unpaired) electrons. The van der Waals surface area contributed by atoms with E-state index >= 15 is 0 Å². The van der Waals surface area contributed by atoms with Crippen LogP contribution in [0.25, 0.3) is 0 Å². The number of para-hydroxylation sites is 1. The number of nitrogens with zero attached hydrogens (tertiary/aromatic N) is 1. The number of aromatic nitrogens is 1. The molecule has 0 bridgehead atoms. The Morgan fingerprint density at radius 2 is 1.88 bits per heavy atom. The van der Waals surface area contributed by atoms with E-state index in [-0.39, 0.29) is 6.61 Å². The molecule has 0 saturated heterocycles. The van der Waals surface area contributed by atoms with E-state index in [2.05, 4.69) is 10.3 Å². The molecule has 2 aromatic carbocycles. The number of thioether (sulfide) groups is 1. The minimum atomic E-state index is -1.06. The molecule has 7 nitrogen and oxygen atoms in total. The molecule has 1 amide bonds. The number of carboxylic acids is 1. The van der Waals surface area contributed by atoms with Crippen LogP contribution in [0.4, 0.5) is 0 Å². The molecule has 32 heavy (non-hydrogen) atoms. The van der Waals surface area contributed by atoms with Gasteiger partial charge in [-0.05, 0) is 54.8 Å². The predicted octanol–water partition coefficient (Wildman–Crippen LogP) is 4.39. The number of amides is 1. The van der Waals surface area contributed by atoms with Crippen molar-refractivity contribution in [1.82, 2.24) is 10.3 Å². The summed E-state index contributed by atoms with van der Waals surface area (Å²) in [4.78, 5) is 28.3. The van der Waals surface area contributed by atoms with E-state index < -0.39 is 17.9 Å². The second-order valence-corrected chi connectivity index (χ2v) is 7.85.